The molecule has 3 rings (SSSR count). The maximum absolute atomic E-state index is 10.7. The van der Waals surface area contributed by atoms with Crippen LogP contribution in [0.5, 0.6) is 5.75 Å². The summed E-state index contributed by atoms with van der Waals surface area (Å²) in [7, 11) is 0. The highest BCUT2D eigenvalue weighted by atomic mass is 79.9. The molecule has 0 fully saturated rings. The molecule has 0 heterocycles. The predicted octanol–water partition coefficient (Wildman–Crippen LogP) is 5.55. The zero-order valence-electron chi connectivity index (χ0n) is 13.9. The second-order valence-corrected chi connectivity index (χ2v) is 6.60. The molecule has 132 valence electrons. The molecule has 0 amide bonds. The number of non-ortho nitro benzene ring substituents is 1. The summed E-state index contributed by atoms with van der Waals surface area (Å²) < 4.78 is 6.91. The number of hydrogen-bond acceptors (Lipinski definition) is 4. The molecule has 0 saturated carbocycles. The number of hydrogen-bond donors (Lipinski definition) is 1. The third-order valence-corrected chi connectivity index (χ3v) is 4.31. The number of nitro groups is 1. The average Bonchev–Trinajstić information content (AvgIpc) is 2.66. The van der Waals surface area contributed by atoms with Crippen LogP contribution in [-0.4, -0.2) is 4.92 Å². The number of benzene rings is 3. The fourth-order valence-electron chi connectivity index (χ4n) is 2.46. The van der Waals surface area contributed by atoms with Crippen LogP contribution in [-0.2, 0) is 13.2 Å². The van der Waals surface area contributed by atoms with E-state index < -0.39 is 4.92 Å². The van der Waals surface area contributed by atoms with Crippen LogP contribution in [0.4, 0.5) is 11.4 Å². The summed E-state index contributed by atoms with van der Waals surface area (Å²) >= 11 is 3.49. The van der Waals surface area contributed by atoms with Gasteiger partial charge < -0.3 is 10.1 Å². The van der Waals surface area contributed by atoms with Crippen molar-refractivity contribution in [1.29, 1.82) is 0 Å². The molecule has 0 aromatic heterocycles. The molecule has 0 aliphatic carbocycles. The second-order valence-electron chi connectivity index (χ2n) is 5.68. The zero-order valence-corrected chi connectivity index (χ0v) is 15.5. The van der Waals surface area contributed by atoms with Crippen molar-refractivity contribution in [3.8, 4) is 5.75 Å². The lowest BCUT2D eigenvalue weighted by atomic mass is 10.2. The van der Waals surface area contributed by atoms with Crippen molar-refractivity contribution in [1.82, 2.24) is 0 Å². The molecule has 1 N–H and O–H groups in total. The molecule has 5 nitrogen and oxygen atoms in total. The van der Waals surface area contributed by atoms with Gasteiger partial charge in [-0.3, -0.25) is 10.1 Å². The minimum absolute atomic E-state index is 0.0742. The Hall–Kier alpha value is -2.86. The summed E-state index contributed by atoms with van der Waals surface area (Å²) in [5, 5.41) is 14.1. The molecule has 0 aliphatic rings. The molecule has 3 aromatic carbocycles. The van der Waals surface area contributed by atoms with E-state index in [0.717, 1.165) is 27.0 Å². The van der Waals surface area contributed by atoms with E-state index in [4.69, 9.17) is 4.74 Å². The number of rotatable bonds is 7. The molecule has 0 aliphatic heterocycles. The first-order chi connectivity index (χ1) is 12.6. The molecular formula is C20H17BrN2O3. The Kier molecular flexibility index (Phi) is 5.86. The maximum Gasteiger partial charge on any atom is 0.269 e. The van der Waals surface area contributed by atoms with Crippen LogP contribution in [0.15, 0.2) is 77.3 Å². The predicted molar refractivity (Wildman–Crippen MR) is 105 cm³/mol. The smallest absolute Gasteiger partial charge is 0.269 e. The molecular weight excluding hydrogens is 396 g/mol. The minimum atomic E-state index is -0.410. The van der Waals surface area contributed by atoms with Gasteiger partial charge in [0, 0.05) is 34.4 Å². The minimum Gasteiger partial charge on any atom is -0.489 e. The maximum atomic E-state index is 10.7. The van der Waals surface area contributed by atoms with Crippen LogP contribution in [0, 0.1) is 10.1 Å². The number of para-hydroxylation sites is 1. The van der Waals surface area contributed by atoms with Gasteiger partial charge >= 0.3 is 0 Å². The van der Waals surface area contributed by atoms with Crippen molar-refractivity contribution < 1.29 is 9.66 Å². The number of nitro benzene ring substituents is 1. The number of nitrogens with one attached hydrogen (secondary N) is 1. The van der Waals surface area contributed by atoms with Gasteiger partial charge in [-0.15, -0.1) is 0 Å². The van der Waals surface area contributed by atoms with Crippen molar-refractivity contribution >= 4 is 27.3 Å². The number of ether oxygens (including phenoxy) is 1. The van der Waals surface area contributed by atoms with E-state index in [1.807, 2.05) is 48.5 Å². The van der Waals surface area contributed by atoms with Crippen LogP contribution in [0.25, 0.3) is 0 Å². The summed E-state index contributed by atoms with van der Waals surface area (Å²) in [4.78, 5) is 10.3. The van der Waals surface area contributed by atoms with Crippen LogP contribution in [0.2, 0.25) is 0 Å². The zero-order chi connectivity index (χ0) is 18.4. The van der Waals surface area contributed by atoms with Crippen LogP contribution < -0.4 is 10.1 Å². The van der Waals surface area contributed by atoms with E-state index in [1.54, 1.807) is 12.1 Å². The fraction of sp³-hybridized carbons (Fsp3) is 0.100. The van der Waals surface area contributed by atoms with Gasteiger partial charge in [0.1, 0.15) is 12.4 Å². The van der Waals surface area contributed by atoms with E-state index in [-0.39, 0.29) is 5.69 Å². The Bertz CT molecular complexity index is 883. The Morgan fingerprint density at radius 2 is 1.73 bits per heavy atom. The Balaban J connectivity index is 1.68. The van der Waals surface area contributed by atoms with Gasteiger partial charge in [-0.2, -0.15) is 0 Å². The number of nitrogens with zero attached hydrogens (tertiary/aromatic N) is 1. The molecule has 0 bridgehead atoms. The van der Waals surface area contributed by atoms with Gasteiger partial charge in [0.2, 0.25) is 0 Å². The Labute approximate surface area is 159 Å². The summed E-state index contributed by atoms with van der Waals surface area (Å²) in [5.74, 6) is 0.773. The van der Waals surface area contributed by atoms with Crippen LogP contribution >= 0.6 is 15.9 Å². The largest absolute Gasteiger partial charge is 0.489 e. The monoisotopic (exact) mass is 412 g/mol. The molecule has 0 atom stereocenters. The molecule has 26 heavy (non-hydrogen) atoms. The van der Waals surface area contributed by atoms with Crippen LogP contribution in [0.3, 0.4) is 0 Å². The first kappa shape index (κ1) is 17.9. The Morgan fingerprint density at radius 1 is 1.00 bits per heavy atom. The van der Waals surface area contributed by atoms with E-state index >= 15 is 0 Å². The molecule has 0 saturated heterocycles. The quantitative estimate of drug-likeness (QED) is 0.408. The molecule has 0 unspecified atom stereocenters. The third kappa shape index (κ3) is 4.83. The van der Waals surface area contributed by atoms with Crippen molar-refractivity contribution in [2.45, 2.75) is 13.2 Å². The first-order valence-electron chi connectivity index (χ1n) is 8.05. The van der Waals surface area contributed by atoms with Gasteiger partial charge in [0.15, 0.2) is 0 Å². The van der Waals surface area contributed by atoms with E-state index in [2.05, 4.69) is 21.2 Å². The SMILES string of the molecule is O=[N+]([O-])c1ccc(COc2ccc(Br)cc2CNc2ccccc2)cc1. The van der Waals surface area contributed by atoms with Gasteiger partial charge in [0.25, 0.3) is 5.69 Å². The lowest BCUT2D eigenvalue weighted by Crippen LogP contribution is -2.04. The highest BCUT2D eigenvalue weighted by molar-refractivity contribution is 9.10. The number of anilines is 1. The van der Waals surface area contributed by atoms with Crippen molar-refractivity contribution in [3.05, 3.63) is 98.5 Å². The van der Waals surface area contributed by atoms with Crippen molar-refractivity contribution in [3.63, 3.8) is 0 Å². The Morgan fingerprint density at radius 3 is 2.42 bits per heavy atom. The van der Waals surface area contributed by atoms with Crippen LogP contribution in [0.1, 0.15) is 11.1 Å². The van der Waals surface area contributed by atoms with Gasteiger partial charge in [-0.05, 0) is 48.0 Å². The van der Waals surface area contributed by atoms with Gasteiger partial charge in [0.05, 0.1) is 4.92 Å². The second kappa shape index (κ2) is 8.49. The normalized spacial score (nSPS) is 10.3. The van der Waals surface area contributed by atoms with Gasteiger partial charge in [-0.1, -0.05) is 34.1 Å². The molecule has 0 spiro atoms. The fourth-order valence-corrected chi connectivity index (χ4v) is 2.86. The summed E-state index contributed by atoms with van der Waals surface area (Å²) in [6.45, 7) is 0.969. The topological polar surface area (TPSA) is 64.4 Å². The first-order valence-corrected chi connectivity index (χ1v) is 8.84. The number of halogens is 1. The molecule has 6 heteroatoms. The van der Waals surface area contributed by atoms with E-state index in [1.165, 1.54) is 12.1 Å². The lowest BCUT2D eigenvalue weighted by Gasteiger charge is -2.13. The standard InChI is InChI=1S/C20H17BrN2O3/c21-17-8-11-20(16(12-17)13-22-18-4-2-1-3-5-18)26-14-15-6-9-19(10-7-15)23(24)25/h1-12,22H,13-14H2. The summed E-state index contributed by atoms with van der Waals surface area (Å²) in [6, 6.07) is 22.2. The highest BCUT2D eigenvalue weighted by Crippen LogP contribution is 2.25. The summed E-state index contributed by atoms with van der Waals surface area (Å²) in [6.07, 6.45) is 0. The molecule has 0 radical (unpaired) electrons. The van der Waals surface area contributed by atoms with Crippen molar-refractivity contribution in [2.24, 2.45) is 0 Å². The van der Waals surface area contributed by atoms with E-state index in [9.17, 15) is 10.1 Å². The lowest BCUT2D eigenvalue weighted by molar-refractivity contribution is -0.384. The van der Waals surface area contributed by atoms with Gasteiger partial charge in [-0.25, -0.2) is 0 Å². The third-order valence-electron chi connectivity index (χ3n) is 3.82. The molecule has 3 aromatic rings. The highest BCUT2D eigenvalue weighted by Gasteiger charge is 2.07. The average molecular weight is 413 g/mol. The van der Waals surface area contributed by atoms with Crippen molar-refractivity contribution in [2.75, 3.05) is 5.32 Å². The van der Waals surface area contributed by atoms with E-state index in [0.29, 0.717) is 13.2 Å². The summed E-state index contributed by atoms with van der Waals surface area (Å²) in [5.41, 5.74) is 3.00.